The van der Waals surface area contributed by atoms with Crippen molar-refractivity contribution in [1.82, 2.24) is 14.5 Å². The standard InChI is InChI=1S/C18H18ClF3N4O5/c19-12-2-1-11(18(20,21)22)9-13(12)23-14(27)10-24-5-7-25(8-6-24)17(30)31-26-15(28)3-4-16(26)29/h1-4,9,28-29H,5-8,10H2,(H,23,27). The van der Waals surface area contributed by atoms with Crippen LogP contribution in [0.3, 0.4) is 0 Å². The molecule has 1 aromatic carbocycles. The number of carbonyl (C=O) groups is 2. The molecule has 0 bridgehead atoms. The van der Waals surface area contributed by atoms with Gasteiger partial charge >= 0.3 is 12.3 Å². The molecule has 0 saturated carbocycles. The molecule has 1 aliphatic heterocycles. The number of carbonyl (C=O) groups excluding carboxylic acids is 2. The van der Waals surface area contributed by atoms with E-state index in [9.17, 15) is 33.0 Å². The van der Waals surface area contributed by atoms with Gasteiger partial charge in [-0.25, -0.2) is 4.79 Å². The minimum absolute atomic E-state index is 0.0227. The van der Waals surface area contributed by atoms with Gasteiger partial charge < -0.3 is 25.3 Å². The molecule has 0 aliphatic carbocycles. The molecule has 3 rings (SSSR count). The van der Waals surface area contributed by atoms with Gasteiger partial charge in [0.1, 0.15) is 0 Å². The first kappa shape index (κ1) is 22.6. The van der Waals surface area contributed by atoms with Gasteiger partial charge in [-0.05, 0) is 18.2 Å². The fourth-order valence-electron chi connectivity index (χ4n) is 2.91. The SMILES string of the molecule is O=C(CN1CCN(C(=O)On2c(O)ccc2O)CC1)Nc1cc(C(F)(F)F)ccc1Cl. The average molecular weight is 463 g/mol. The summed E-state index contributed by atoms with van der Waals surface area (Å²) in [5, 5.41) is 21.4. The molecule has 0 unspecified atom stereocenters. The van der Waals surface area contributed by atoms with E-state index in [4.69, 9.17) is 16.4 Å². The van der Waals surface area contributed by atoms with Gasteiger partial charge in [0.2, 0.25) is 17.7 Å². The maximum atomic E-state index is 12.8. The molecule has 3 N–H and O–H groups in total. The number of piperazine rings is 1. The summed E-state index contributed by atoms with van der Waals surface area (Å²) >= 11 is 5.88. The summed E-state index contributed by atoms with van der Waals surface area (Å²) in [5.41, 5.74) is -1.07. The number of halogens is 4. The van der Waals surface area contributed by atoms with E-state index >= 15 is 0 Å². The van der Waals surface area contributed by atoms with E-state index in [1.54, 1.807) is 4.90 Å². The van der Waals surface area contributed by atoms with E-state index in [0.717, 1.165) is 30.3 Å². The molecule has 9 nitrogen and oxygen atoms in total. The number of aromatic nitrogens is 1. The lowest BCUT2D eigenvalue weighted by Crippen LogP contribution is -2.51. The molecule has 1 aliphatic rings. The number of benzene rings is 1. The van der Waals surface area contributed by atoms with Crippen LogP contribution >= 0.6 is 11.6 Å². The molecule has 2 aromatic rings. The number of alkyl halides is 3. The topological polar surface area (TPSA) is 107 Å². The minimum Gasteiger partial charge on any atom is -0.492 e. The number of aromatic hydroxyl groups is 2. The number of rotatable bonds is 4. The van der Waals surface area contributed by atoms with Crippen LogP contribution in [0.15, 0.2) is 30.3 Å². The molecule has 13 heteroatoms. The summed E-state index contributed by atoms with van der Waals surface area (Å²) < 4.78 is 39.1. The zero-order chi connectivity index (χ0) is 22.8. The minimum atomic E-state index is -4.57. The van der Waals surface area contributed by atoms with Gasteiger partial charge in [0.15, 0.2) is 0 Å². The first-order valence-electron chi connectivity index (χ1n) is 9.00. The van der Waals surface area contributed by atoms with Crippen molar-refractivity contribution in [3.63, 3.8) is 0 Å². The fraction of sp³-hybridized carbons (Fsp3) is 0.333. The Hall–Kier alpha value is -3.12. The lowest BCUT2D eigenvalue weighted by atomic mass is 10.2. The molecule has 2 heterocycles. The highest BCUT2D eigenvalue weighted by atomic mass is 35.5. The highest BCUT2D eigenvalue weighted by Crippen LogP contribution is 2.33. The van der Waals surface area contributed by atoms with Gasteiger partial charge in [-0.1, -0.05) is 11.6 Å². The van der Waals surface area contributed by atoms with Crippen LogP contribution in [0.4, 0.5) is 23.7 Å². The first-order chi connectivity index (χ1) is 14.5. The smallest absolute Gasteiger partial charge is 0.434 e. The molecule has 1 saturated heterocycles. The second-order valence-electron chi connectivity index (χ2n) is 6.71. The lowest BCUT2D eigenvalue weighted by molar-refractivity contribution is -0.137. The van der Waals surface area contributed by atoms with Crippen LogP contribution in [-0.2, 0) is 11.0 Å². The Morgan fingerprint density at radius 1 is 1.06 bits per heavy atom. The molecule has 1 aromatic heterocycles. The van der Waals surface area contributed by atoms with Gasteiger partial charge in [-0.2, -0.15) is 13.2 Å². The second kappa shape index (κ2) is 8.94. The van der Waals surface area contributed by atoms with Crippen molar-refractivity contribution in [2.75, 3.05) is 38.0 Å². The molecular formula is C18H18ClF3N4O5. The predicted octanol–water partition coefficient (Wildman–Crippen LogP) is 2.38. The molecule has 2 amide bonds. The van der Waals surface area contributed by atoms with Gasteiger partial charge in [0.05, 0.1) is 22.8 Å². The second-order valence-corrected chi connectivity index (χ2v) is 7.11. The van der Waals surface area contributed by atoms with Gasteiger partial charge in [0, 0.05) is 38.3 Å². The van der Waals surface area contributed by atoms with Crippen molar-refractivity contribution in [3.05, 3.63) is 40.9 Å². The van der Waals surface area contributed by atoms with Gasteiger partial charge in [-0.3, -0.25) is 9.69 Å². The third-order valence-corrected chi connectivity index (χ3v) is 4.86. The Labute approximate surface area is 179 Å². The lowest BCUT2D eigenvalue weighted by Gasteiger charge is -2.33. The molecular weight excluding hydrogens is 445 g/mol. The molecule has 0 radical (unpaired) electrons. The number of hydrogen-bond acceptors (Lipinski definition) is 6. The third-order valence-electron chi connectivity index (χ3n) is 4.53. The maximum Gasteiger partial charge on any atom is 0.434 e. The normalized spacial score (nSPS) is 15.0. The molecule has 168 valence electrons. The molecule has 0 spiro atoms. The summed E-state index contributed by atoms with van der Waals surface area (Å²) in [5.74, 6) is -1.46. The Balaban J connectivity index is 1.51. The number of anilines is 1. The zero-order valence-corrected chi connectivity index (χ0v) is 16.7. The Morgan fingerprint density at radius 2 is 1.68 bits per heavy atom. The van der Waals surface area contributed by atoms with Crippen LogP contribution in [0.5, 0.6) is 11.8 Å². The van der Waals surface area contributed by atoms with E-state index in [1.807, 2.05) is 0 Å². The van der Waals surface area contributed by atoms with Crippen LogP contribution in [0.25, 0.3) is 0 Å². The summed E-state index contributed by atoms with van der Waals surface area (Å²) in [6.45, 7) is 0.859. The quantitative estimate of drug-likeness (QED) is 0.644. The highest BCUT2D eigenvalue weighted by Gasteiger charge is 2.31. The van der Waals surface area contributed by atoms with Crippen LogP contribution in [0, 0.1) is 0 Å². The summed E-state index contributed by atoms with van der Waals surface area (Å²) in [6.07, 6.45) is -5.37. The van der Waals surface area contributed by atoms with Crippen molar-refractivity contribution >= 4 is 29.3 Å². The van der Waals surface area contributed by atoms with Crippen molar-refractivity contribution < 1.29 is 37.8 Å². The molecule has 31 heavy (non-hydrogen) atoms. The number of nitrogens with zero attached hydrogens (tertiary/aromatic N) is 3. The summed E-state index contributed by atoms with van der Waals surface area (Å²) in [4.78, 5) is 32.3. The van der Waals surface area contributed by atoms with Crippen LogP contribution in [0.2, 0.25) is 5.02 Å². The van der Waals surface area contributed by atoms with Crippen LogP contribution in [0.1, 0.15) is 5.56 Å². The van der Waals surface area contributed by atoms with Crippen molar-refractivity contribution in [1.29, 1.82) is 0 Å². The van der Waals surface area contributed by atoms with Crippen LogP contribution < -0.4 is 10.2 Å². The molecule has 1 fully saturated rings. The Morgan fingerprint density at radius 3 is 2.26 bits per heavy atom. The van der Waals surface area contributed by atoms with Gasteiger partial charge in [-0.15, -0.1) is 4.73 Å². The largest absolute Gasteiger partial charge is 0.492 e. The van der Waals surface area contributed by atoms with Crippen LogP contribution in [-0.4, -0.2) is 69.5 Å². The van der Waals surface area contributed by atoms with E-state index in [-0.39, 0.29) is 30.3 Å². The van der Waals surface area contributed by atoms with E-state index in [0.29, 0.717) is 17.8 Å². The highest BCUT2D eigenvalue weighted by molar-refractivity contribution is 6.33. The van der Waals surface area contributed by atoms with Crippen molar-refractivity contribution in [2.45, 2.75) is 6.18 Å². The first-order valence-corrected chi connectivity index (χ1v) is 9.38. The third kappa shape index (κ3) is 5.52. The summed E-state index contributed by atoms with van der Waals surface area (Å²) in [6, 6.07) is 4.94. The Kier molecular flexibility index (Phi) is 6.51. The monoisotopic (exact) mass is 462 g/mol. The van der Waals surface area contributed by atoms with E-state index in [2.05, 4.69) is 5.32 Å². The van der Waals surface area contributed by atoms with Crippen molar-refractivity contribution in [2.24, 2.45) is 0 Å². The number of amides is 2. The predicted molar refractivity (Wildman–Crippen MR) is 103 cm³/mol. The van der Waals surface area contributed by atoms with E-state index < -0.39 is 35.5 Å². The molecule has 0 atom stereocenters. The van der Waals surface area contributed by atoms with Gasteiger partial charge in [0.25, 0.3) is 0 Å². The Bertz CT molecular complexity index is 954. The average Bonchev–Trinajstić information content (AvgIpc) is 3.01. The number of nitrogens with one attached hydrogen (secondary N) is 1. The summed E-state index contributed by atoms with van der Waals surface area (Å²) in [7, 11) is 0. The fourth-order valence-corrected chi connectivity index (χ4v) is 3.07. The van der Waals surface area contributed by atoms with E-state index in [1.165, 1.54) is 4.90 Å². The van der Waals surface area contributed by atoms with Crippen molar-refractivity contribution in [3.8, 4) is 11.8 Å². The zero-order valence-electron chi connectivity index (χ0n) is 15.9. The maximum absolute atomic E-state index is 12.8. The number of hydrogen-bond donors (Lipinski definition) is 3.